The van der Waals surface area contributed by atoms with Gasteiger partial charge in [-0.2, -0.15) is 13.2 Å². The Labute approximate surface area is 152 Å². The second-order valence-corrected chi connectivity index (χ2v) is 6.12. The fourth-order valence-corrected chi connectivity index (χ4v) is 1.93. The molecule has 0 bridgehead atoms. The molecule has 0 amide bonds. The number of fused-ring (bicyclic) bond motifs is 1. The summed E-state index contributed by atoms with van der Waals surface area (Å²) in [6, 6.07) is 4.96. The van der Waals surface area contributed by atoms with Crippen LogP contribution in [0.1, 0.15) is 45.7 Å². The molecule has 2 aromatic heterocycles. The zero-order valence-electron chi connectivity index (χ0n) is 16.0. The fraction of sp³-hybridized carbons (Fsp3) is 0.400. The summed E-state index contributed by atoms with van der Waals surface area (Å²) in [4.78, 5) is 8.08. The van der Waals surface area contributed by atoms with Crippen LogP contribution < -0.4 is 0 Å². The third-order valence-electron chi connectivity index (χ3n) is 2.97. The third-order valence-corrected chi connectivity index (χ3v) is 2.97. The number of benzene rings is 1. The van der Waals surface area contributed by atoms with Gasteiger partial charge in [-0.25, -0.2) is 4.98 Å². The van der Waals surface area contributed by atoms with Crippen molar-refractivity contribution >= 4 is 11.1 Å². The highest BCUT2D eigenvalue weighted by Gasteiger charge is 2.31. The van der Waals surface area contributed by atoms with Crippen LogP contribution in [0.25, 0.3) is 22.6 Å². The van der Waals surface area contributed by atoms with Crippen LogP contribution in [0, 0.1) is 12.8 Å². The van der Waals surface area contributed by atoms with Crippen molar-refractivity contribution in [2.24, 2.45) is 5.92 Å². The number of alkyl halides is 3. The summed E-state index contributed by atoms with van der Waals surface area (Å²) in [6.07, 6.45) is -1.16. The third kappa shape index (κ3) is 5.86. The summed E-state index contributed by atoms with van der Waals surface area (Å²) in [6.45, 7) is 12.3. The van der Waals surface area contributed by atoms with Crippen LogP contribution in [0.4, 0.5) is 13.2 Å². The summed E-state index contributed by atoms with van der Waals surface area (Å²) in [5, 5.41) is 0. The molecule has 0 aliphatic carbocycles. The second-order valence-electron chi connectivity index (χ2n) is 6.12. The minimum Gasteiger partial charge on any atom is -0.436 e. The molecule has 1 aromatic carbocycles. The van der Waals surface area contributed by atoms with E-state index in [-0.39, 0.29) is 5.52 Å². The number of hydrogen-bond acceptors (Lipinski definition) is 3. The molecular formula is C20H25F3N2O. The van der Waals surface area contributed by atoms with Crippen molar-refractivity contribution < 1.29 is 17.6 Å². The summed E-state index contributed by atoms with van der Waals surface area (Å²) in [5.41, 5.74) is 1.33. The van der Waals surface area contributed by atoms with Crippen LogP contribution in [0.3, 0.4) is 0 Å². The van der Waals surface area contributed by atoms with Crippen LogP contribution in [0.15, 0.2) is 41.1 Å². The van der Waals surface area contributed by atoms with E-state index in [4.69, 9.17) is 4.42 Å². The zero-order chi connectivity index (χ0) is 19.9. The van der Waals surface area contributed by atoms with Gasteiger partial charge in [0.2, 0.25) is 5.89 Å². The monoisotopic (exact) mass is 366 g/mol. The summed E-state index contributed by atoms with van der Waals surface area (Å²) >= 11 is 0. The maximum atomic E-state index is 12.6. The molecule has 26 heavy (non-hydrogen) atoms. The number of hydrogen-bond donors (Lipinski definition) is 0. The molecule has 6 heteroatoms. The van der Waals surface area contributed by atoms with Crippen molar-refractivity contribution in [2.45, 2.75) is 47.7 Å². The van der Waals surface area contributed by atoms with Crippen LogP contribution in [0.5, 0.6) is 0 Å². The second kappa shape index (κ2) is 9.36. The highest BCUT2D eigenvalue weighted by atomic mass is 19.4. The lowest BCUT2D eigenvalue weighted by Gasteiger charge is -2.04. The fourth-order valence-electron chi connectivity index (χ4n) is 1.93. The summed E-state index contributed by atoms with van der Waals surface area (Å²) in [5.74, 6) is 1.12. The summed E-state index contributed by atoms with van der Waals surface area (Å²) < 4.78 is 43.4. The Hall–Kier alpha value is -2.37. The van der Waals surface area contributed by atoms with E-state index in [1.165, 1.54) is 6.07 Å². The van der Waals surface area contributed by atoms with Crippen molar-refractivity contribution in [2.75, 3.05) is 0 Å². The van der Waals surface area contributed by atoms with Gasteiger partial charge in [0, 0.05) is 18.0 Å². The van der Waals surface area contributed by atoms with Crippen molar-refractivity contribution in [3.05, 3.63) is 47.8 Å². The van der Waals surface area contributed by atoms with Gasteiger partial charge < -0.3 is 4.42 Å². The SMILES string of the molecule is CC.CC(C)C.Cc1cnccc1-c1nc2cc(C(F)(F)F)ccc2o1. The van der Waals surface area contributed by atoms with Crippen LogP contribution >= 0.6 is 0 Å². The van der Waals surface area contributed by atoms with Gasteiger partial charge in [0.1, 0.15) is 5.52 Å². The first kappa shape index (κ1) is 21.7. The van der Waals surface area contributed by atoms with E-state index in [0.29, 0.717) is 17.0 Å². The number of aromatic nitrogens is 2. The van der Waals surface area contributed by atoms with E-state index in [1.807, 2.05) is 20.8 Å². The van der Waals surface area contributed by atoms with Crippen molar-refractivity contribution in [1.29, 1.82) is 0 Å². The molecule has 142 valence electrons. The molecule has 0 aliphatic rings. The molecule has 0 atom stereocenters. The molecule has 0 radical (unpaired) electrons. The lowest BCUT2D eigenvalue weighted by molar-refractivity contribution is -0.137. The van der Waals surface area contributed by atoms with Crippen molar-refractivity contribution in [1.82, 2.24) is 9.97 Å². The van der Waals surface area contributed by atoms with Gasteiger partial charge in [0.05, 0.1) is 5.56 Å². The molecule has 0 spiro atoms. The van der Waals surface area contributed by atoms with E-state index in [2.05, 4.69) is 30.7 Å². The Bertz CT molecular complexity index is 821. The smallest absolute Gasteiger partial charge is 0.416 e. The van der Waals surface area contributed by atoms with Gasteiger partial charge in [-0.15, -0.1) is 0 Å². The van der Waals surface area contributed by atoms with E-state index >= 15 is 0 Å². The lowest BCUT2D eigenvalue weighted by Crippen LogP contribution is -2.03. The van der Waals surface area contributed by atoms with Crippen molar-refractivity contribution in [3.8, 4) is 11.5 Å². The van der Waals surface area contributed by atoms with Gasteiger partial charge >= 0.3 is 6.18 Å². The molecule has 0 saturated heterocycles. The quantitative estimate of drug-likeness (QED) is 0.470. The van der Waals surface area contributed by atoms with Gasteiger partial charge in [0.15, 0.2) is 5.58 Å². The molecule has 2 heterocycles. The van der Waals surface area contributed by atoms with Crippen LogP contribution in [-0.2, 0) is 6.18 Å². The first-order chi connectivity index (χ1) is 12.2. The van der Waals surface area contributed by atoms with E-state index in [9.17, 15) is 13.2 Å². The summed E-state index contributed by atoms with van der Waals surface area (Å²) in [7, 11) is 0. The Balaban J connectivity index is 0.000000500. The number of aryl methyl sites for hydroxylation is 1. The molecule has 3 nitrogen and oxygen atoms in total. The average molecular weight is 366 g/mol. The Morgan fingerprint density at radius 3 is 2.19 bits per heavy atom. The van der Waals surface area contributed by atoms with Gasteiger partial charge in [-0.1, -0.05) is 34.6 Å². The molecular weight excluding hydrogens is 341 g/mol. The Morgan fingerprint density at radius 2 is 1.65 bits per heavy atom. The minimum absolute atomic E-state index is 0.186. The standard InChI is InChI=1S/C14H9F3N2O.C4H10.C2H6/c1-8-7-18-5-4-10(8)13-19-11-6-9(14(15,16)17)2-3-12(11)20-13;1-4(2)3;1-2/h2-7H,1H3;4H,1-3H3;1-2H3. The highest BCUT2D eigenvalue weighted by molar-refractivity contribution is 5.77. The number of halogens is 3. The molecule has 0 unspecified atom stereocenters. The molecule has 3 aromatic rings. The van der Waals surface area contributed by atoms with E-state index in [0.717, 1.165) is 23.6 Å². The Kier molecular flexibility index (Phi) is 7.80. The first-order valence-electron chi connectivity index (χ1n) is 8.57. The first-order valence-corrected chi connectivity index (χ1v) is 8.57. The number of rotatable bonds is 1. The number of nitrogens with zero attached hydrogens (tertiary/aromatic N) is 2. The van der Waals surface area contributed by atoms with Crippen molar-refractivity contribution in [3.63, 3.8) is 0 Å². The predicted octanol–water partition coefficient (Wildman–Crippen LogP) is 6.91. The van der Waals surface area contributed by atoms with Gasteiger partial charge in [-0.05, 0) is 42.7 Å². The minimum atomic E-state index is -4.39. The largest absolute Gasteiger partial charge is 0.436 e. The molecule has 0 saturated carbocycles. The Morgan fingerprint density at radius 1 is 1.04 bits per heavy atom. The maximum Gasteiger partial charge on any atom is 0.416 e. The zero-order valence-corrected chi connectivity index (χ0v) is 16.0. The van der Waals surface area contributed by atoms with E-state index < -0.39 is 11.7 Å². The molecule has 0 N–H and O–H groups in total. The maximum absolute atomic E-state index is 12.6. The van der Waals surface area contributed by atoms with Crippen LogP contribution in [-0.4, -0.2) is 9.97 Å². The lowest BCUT2D eigenvalue weighted by atomic mass is 10.1. The predicted molar refractivity (Wildman–Crippen MR) is 98.8 cm³/mol. The van der Waals surface area contributed by atoms with Gasteiger partial charge in [0.25, 0.3) is 0 Å². The molecule has 0 fully saturated rings. The highest BCUT2D eigenvalue weighted by Crippen LogP contribution is 2.33. The average Bonchev–Trinajstić information content (AvgIpc) is 2.98. The normalized spacial score (nSPS) is 10.8. The molecule has 3 rings (SSSR count). The van der Waals surface area contributed by atoms with E-state index in [1.54, 1.807) is 18.5 Å². The number of pyridine rings is 1. The topological polar surface area (TPSA) is 38.9 Å². The molecule has 0 aliphatic heterocycles. The van der Waals surface area contributed by atoms with Crippen LogP contribution in [0.2, 0.25) is 0 Å². The van der Waals surface area contributed by atoms with Gasteiger partial charge in [-0.3, -0.25) is 4.98 Å². The number of oxazole rings is 1.